The van der Waals surface area contributed by atoms with E-state index in [0.717, 1.165) is 16.5 Å². The Morgan fingerprint density at radius 2 is 2.00 bits per heavy atom. The predicted molar refractivity (Wildman–Crippen MR) is 128 cm³/mol. The second kappa shape index (κ2) is 11.9. The van der Waals surface area contributed by atoms with E-state index in [0.29, 0.717) is 30.8 Å². The molecule has 0 aliphatic heterocycles. The van der Waals surface area contributed by atoms with Gasteiger partial charge in [0.2, 0.25) is 0 Å². The summed E-state index contributed by atoms with van der Waals surface area (Å²) in [5.74, 6) is 6.25. The van der Waals surface area contributed by atoms with Gasteiger partial charge in [-0.15, -0.1) is 11.3 Å². The van der Waals surface area contributed by atoms with Gasteiger partial charge in [0.15, 0.2) is 11.6 Å². The lowest BCUT2D eigenvalue weighted by Gasteiger charge is -2.08. The van der Waals surface area contributed by atoms with Crippen molar-refractivity contribution in [2.45, 2.75) is 13.3 Å². The highest BCUT2D eigenvalue weighted by Gasteiger charge is 2.16. The highest BCUT2D eigenvalue weighted by molar-refractivity contribution is 7.18. The van der Waals surface area contributed by atoms with Gasteiger partial charge in [0.25, 0.3) is 0 Å². The van der Waals surface area contributed by atoms with Crippen molar-refractivity contribution in [1.82, 2.24) is 15.0 Å². The van der Waals surface area contributed by atoms with E-state index in [1.807, 2.05) is 23.6 Å². The SMILES string of the molecule is Cc1ccccc1.NCCNc1nc(-c2ccncc2F)nc2c(C#CCCO)csc12. The van der Waals surface area contributed by atoms with Crippen molar-refractivity contribution >= 4 is 27.4 Å². The second-order valence-electron chi connectivity index (χ2n) is 6.72. The molecule has 0 saturated heterocycles. The van der Waals surface area contributed by atoms with Crippen LogP contribution in [-0.2, 0) is 0 Å². The first-order chi connectivity index (χ1) is 15.6. The normalized spacial score (nSPS) is 10.1. The number of hydrogen-bond donors (Lipinski definition) is 3. The number of aliphatic hydroxyl groups excluding tert-OH is 1. The van der Waals surface area contributed by atoms with Crippen molar-refractivity contribution in [2.75, 3.05) is 25.0 Å². The van der Waals surface area contributed by atoms with E-state index in [-0.39, 0.29) is 18.0 Å². The first-order valence-corrected chi connectivity index (χ1v) is 11.0. The molecule has 8 heteroatoms. The average Bonchev–Trinajstić information content (AvgIpc) is 3.22. The maximum absolute atomic E-state index is 14.1. The molecule has 0 amide bonds. The lowest BCUT2D eigenvalue weighted by molar-refractivity contribution is 0.305. The Kier molecular flexibility index (Phi) is 8.63. The zero-order valence-electron chi connectivity index (χ0n) is 17.7. The van der Waals surface area contributed by atoms with Crippen LogP contribution in [0.3, 0.4) is 0 Å². The lowest BCUT2D eigenvalue weighted by Crippen LogP contribution is -2.14. The quantitative estimate of drug-likeness (QED) is 0.399. The number of fused-ring (bicyclic) bond motifs is 1. The highest BCUT2D eigenvalue weighted by atomic mass is 32.1. The van der Waals surface area contributed by atoms with Gasteiger partial charge in [0, 0.05) is 31.1 Å². The molecule has 3 heterocycles. The fourth-order valence-electron chi connectivity index (χ4n) is 2.74. The molecule has 4 rings (SSSR count). The molecule has 6 nitrogen and oxygen atoms in total. The molecule has 0 unspecified atom stereocenters. The molecule has 0 saturated carbocycles. The van der Waals surface area contributed by atoms with Crippen LogP contribution in [0.25, 0.3) is 21.6 Å². The summed E-state index contributed by atoms with van der Waals surface area (Å²) in [6.45, 7) is 3.06. The molecular formula is C24H24FN5OS. The monoisotopic (exact) mass is 449 g/mol. The Labute approximate surface area is 190 Å². The number of nitrogens with zero attached hydrogens (tertiary/aromatic N) is 3. The molecule has 0 atom stereocenters. The van der Waals surface area contributed by atoms with Crippen molar-refractivity contribution in [3.8, 4) is 23.2 Å². The summed E-state index contributed by atoms with van der Waals surface area (Å²) >= 11 is 1.46. The summed E-state index contributed by atoms with van der Waals surface area (Å²) < 4.78 is 14.9. The van der Waals surface area contributed by atoms with Crippen molar-refractivity contribution in [1.29, 1.82) is 0 Å². The number of hydrogen-bond acceptors (Lipinski definition) is 7. The van der Waals surface area contributed by atoms with Crippen LogP contribution in [0.5, 0.6) is 0 Å². The number of rotatable bonds is 5. The standard InChI is InChI=1S/C17H16FN5OS.C7H8/c18-13-9-20-6-4-12(13)16-22-14-11(3-1-2-8-24)10-25-15(14)17(23-16)21-7-5-19;1-7-5-3-2-4-6-7/h4,6,9-10,24H,2,5,7-8,19H2,(H,21,22,23);2-6H,1H3. The van der Waals surface area contributed by atoms with Crippen LogP contribution in [0, 0.1) is 24.6 Å². The van der Waals surface area contributed by atoms with Crippen LogP contribution in [-0.4, -0.2) is 39.8 Å². The third kappa shape index (κ3) is 6.08. The molecule has 0 fully saturated rings. The maximum atomic E-state index is 14.1. The van der Waals surface area contributed by atoms with Crippen molar-refractivity contribution < 1.29 is 9.50 Å². The minimum atomic E-state index is -0.491. The number of aliphatic hydroxyl groups is 1. The number of halogens is 1. The van der Waals surface area contributed by atoms with E-state index in [4.69, 9.17) is 10.8 Å². The van der Waals surface area contributed by atoms with Crippen molar-refractivity contribution in [3.05, 3.63) is 71.1 Å². The van der Waals surface area contributed by atoms with Gasteiger partial charge in [0.1, 0.15) is 11.3 Å². The summed E-state index contributed by atoms with van der Waals surface area (Å²) in [6.07, 6.45) is 3.01. The molecule has 32 heavy (non-hydrogen) atoms. The predicted octanol–water partition coefficient (Wildman–Crippen LogP) is 3.99. The first kappa shape index (κ1) is 23.3. The topological polar surface area (TPSA) is 97.0 Å². The van der Waals surface area contributed by atoms with E-state index in [1.165, 1.54) is 29.2 Å². The molecule has 0 spiro atoms. The summed E-state index contributed by atoms with van der Waals surface area (Å²) in [4.78, 5) is 12.7. The minimum Gasteiger partial charge on any atom is -0.395 e. The van der Waals surface area contributed by atoms with Gasteiger partial charge in [-0.3, -0.25) is 4.98 Å². The third-order valence-corrected chi connectivity index (χ3v) is 5.24. The fraction of sp³-hybridized carbons (Fsp3) is 0.208. The second-order valence-corrected chi connectivity index (χ2v) is 7.60. The summed E-state index contributed by atoms with van der Waals surface area (Å²) in [5, 5.41) is 13.9. The van der Waals surface area contributed by atoms with Crippen LogP contribution in [0.2, 0.25) is 0 Å². The number of aryl methyl sites for hydroxylation is 1. The number of anilines is 1. The average molecular weight is 450 g/mol. The van der Waals surface area contributed by atoms with Gasteiger partial charge in [-0.1, -0.05) is 47.7 Å². The summed E-state index contributed by atoms with van der Waals surface area (Å²) in [5.41, 5.74) is 8.53. The Bertz CT molecular complexity index is 1220. The van der Waals surface area contributed by atoms with Crippen molar-refractivity contribution in [3.63, 3.8) is 0 Å². The molecule has 1 aromatic carbocycles. The molecule has 3 aromatic heterocycles. The van der Waals surface area contributed by atoms with E-state index < -0.39 is 5.82 Å². The Morgan fingerprint density at radius 1 is 1.19 bits per heavy atom. The van der Waals surface area contributed by atoms with Gasteiger partial charge in [-0.05, 0) is 13.0 Å². The lowest BCUT2D eigenvalue weighted by atomic mass is 10.2. The molecular weight excluding hydrogens is 425 g/mol. The largest absolute Gasteiger partial charge is 0.395 e. The van der Waals surface area contributed by atoms with E-state index in [2.05, 4.69) is 51.2 Å². The molecule has 0 radical (unpaired) electrons. The van der Waals surface area contributed by atoms with Gasteiger partial charge >= 0.3 is 0 Å². The van der Waals surface area contributed by atoms with Crippen molar-refractivity contribution in [2.24, 2.45) is 5.73 Å². The zero-order chi connectivity index (χ0) is 22.8. The minimum absolute atomic E-state index is 0.000829. The zero-order valence-corrected chi connectivity index (χ0v) is 18.5. The maximum Gasteiger partial charge on any atom is 0.165 e. The summed E-state index contributed by atoms with van der Waals surface area (Å²) in [6, 6.07) is 11.8. The Balaban J connectivity index is 0.000000352. The van der Waals surface area contributed by atoms with Crippen LogP contribution in [0.1, 0.15) is 17.5 Å². The Hall–Kier alpha value is -3.38. The number of nitrogens with one attached hydrogen (secondary N) is 1. The number of nitrogens with two attached hydrogens (primary N) is 1. The van der Waals surface area contributed by atoms with Crippen LogP contribution in [0.4, 0.5) is 10.2 Å². The van der Waals surface area contributed by atoms with Crippen LogP contribution < -0.4 is 11.1 Å². The molecule has 0 aliphatic carbocycles. The highest BCUT2D eigenvalue weighted by Crippen LogP contribution is 2.32. The Morgan fingerprint density at radius 3 is 2.66 bits per heavy atom. The van der Waals surface area contributed by atoms with Crippen LogP contribution >= 0.6 is 11.3 Å². The fourth-order valence-corrected chi connectivity index (χ4v) is 3.65. The number of pyridine rings is 1. The first-order valence-electron chi connectivity index (χ1n) is 10.1. The van der Waals surface area contributed by atoms with E-state index in [9.17, 15) is 4.39 Å². The number of aromatic nitrogens is 3. The van der Waals surface area contributed by atoms with Gasteiger partial charge in [-0.2, -0.15) is 0 Å². The molecule has 0 aliphatic rings. The molecule has 4 aromatic rings. The van der Waals surface area contributed by atoms with Crippen LogP contribution in [0.15, 0.2) is 54.2 Å². The number of benzene rings is 1. The summed E-state index contributed by atoms with van der Waals surface area (Å²) in [7, 11) is 0. The smallest absolute Gasteiger partial charge is 0.165 e. The van der Waals surface area contributed by atoms with E-state index >= 15 is 0 Å². The number of thiophene rings is 1. The molecule has 164 valence electrons. The third-order valence-electron chi connectivity index (χ3n) is 4.27. The van der Waals surface area contributed by atoms with Gasteiger partial charge < -0.3 is 16.2 Å². The van der Waals surface area contributed by atoms with Gasteiger partial charge in [0.05, 0.1) is 28.6 Å². The van der Waals surface area contributed by atoms with E-state index in [1.54, 1.807) is 0 Å². The molecule has 0 bridgehead atoms. The molecule has 4 N–H and O–H groups in total. The van der Waals surface area contributed by atoms with Gasteiger partial charge in [-0.25, -0.2) is 14.4 Å².